The smallest absolute Gasteiger partial charge is 0.252 e. The number of halogens is 3. The van der Waals surface area contributed by atoms with Crippen LogP contribution in [0.2, 0.25) is 0 Å². The van der Waals surface area contributed by atoms with Crippen LogP contribution in [0.25, 0.3) is 10.8 Å². The Kier molecular flexibility index (Phi) is 6.00. The molecule has 7 heteroatoms. The molecule has 1 amide bonds. The van der Waals surface area contributed by atoms with Crippen molar-refractivity contribution in [3.63, 3.8) is 0 Å². The fourth-order valence-electron chi connectivity index (χ4n) is 2.60. The second-order valence-electron chi connectivity index (χ2n) is 5.88. The monoisotopic (exact) mass is 422 g/mol. The summed E-state index contributed by atoms with van der Waals surface area (Å²) in [7, 11) is 1.56. The molecule has 1 unspecified atom stereocenters. The summed E-state index contributed by atoms with van der Waals surface area (Å²) in [4.78, 5) is 12.5. The lowest BCUT2D eigenvalue weighted by Gasteiger charge is -2.27. The van der Waals surface area contributed by atoms with Crippen LogP contribution in [0.3, 0.4) is 0 Å². The number of fused-ring (bicyclic) bond motifs is 1. The van der Waals surface area contributed by atoms with E-state index in [0.717, 1.165) is 16.5 Å². The number of ether oxygens (including phenoxy) is 1. The highest BCUT2D eigenvalue weighted by Crippen LogP contribution is 2.32. The minimum atomic E-state index is -1.76. The van der Waals surface area contributed by atoms with E-state index in [1.165, 1.54) is 0 Å². The first kappa shape index (κ1) is 19.6. The SMILES string of the molecule is COc1ccc(C(=O)NC(Nc2ccc3ccccc3c2)C(Cl)(Cl)Cl)cc1. The Bertz CT molecular complexity index is 940. The highest BCUT2D eigenvalue weighted by Gasteiger charge is 2.34. The molecule has 4 nitrogen and oxygen atoms in total. The Hall–Kier alpha value is -2.14. The third-order valence-electron chi connectivity index (χ3n) is 4.02. The molecule has 0 heterocycles. The number of methoxy groups -OCH3 is 1. The molecule has 0 saturated heterocycles. The van der Waals surface area contributed by atoms with Gasteiger partial charge >= 0.3 is 0 Å². The minimum absolute atomic E-state index is 0.373. The summed E-state index contributed by atoms with van der Waals surface area (Å²) in [5.41, 5.74) is 1.15. The number of carbonyl (C=O) groups excluding carboxylic acids is 1. The topological polar surface area (TPSA) is 50.4 Å². The van der Waals surface area contributed by atoms with Gasteiger partial charge in [0.05, 0.1) is 7.11 Å². The highest BCUT2D eigenvalue weighted by atomic mass is 35.6. The lowest BCUT2D eigenvalue weighted by molar-refractivity contribution is 0.0942. The van der Waals surface area contributed by atoms with Gasteiger partial charge in [0.2, 0.25) is 3.79 Å². The van der Waals surface area contributed by atoms with Crippen LogP contribution in [-0.2, 0) is 0 Å². The van der Waals surface area contributed by atoms with Gasteiger partial charge in [-0.1, -0.05) is 65.1 Å². The number of carbonyl (C=O) groups is 1. The van der Waals surface area contributed by atoms with Crippen molar-refractivity contribution in [3.05, 3.63) is 72.3 Å². The number of nitrogens with one attached hydrogen (secondary N) is 2. The van der Waals surface area contributed by atoms with E-state index in [9.17, 15) is 4.79 Å². The predicted octanol–water partition coefficient (Wildman–Crippen LogP) is 5.39. The van der Waals surface area contributed by atoms with E-state index >= 15 is 0 Å². The maximum Gasteiger partial charge on any atom is 0.252 e. The highest BCUT2D eigenvalue weighted by molar-refractivity contribution is 6.68. The fourth-order valence-corrected chi connectivity index (χ4v) is 2.93. The number of hydrogen-bond acceptors (Lipinski definition) is 3. The standard InChI is InChI=1S/C20H17Cl3N2O2/c1-27-17-10-7-14(8-11-17)18(26)25-19(20(21,22)23)24-16-9-6-13-4-2-3-5-15(13)12-16/h2-12,19,24H,1H3,(H,25,26). The van der Waals surface area contributed by atoms with Crippen LogP contribution in [-0.4, -0.2) is 23.0 Å². The minimum Gasteiger partial charge on any atom is -0.497 e. The van der Waals surface area contributed by atoms with Crippen molar-refractivity contribution in [2.24, 2.45) is 0 Å². The third kappa shape index (κ3) is 4.98. The Morgan fingerprint density at radius 3 is 2.26 bits per heavy atom. The Morgan fingerprint density at radius 2 is 1.63 bits per heavy atom. The van der Waals surface area contributed by atoms with E-state index in [1.54, 1.807) is 31.4 Å². The lowest BCUT2D eigenvalue weighted by atomic mass is 10.1. The number of alkyl halides is 3. The summed E-state index contributed by atoms with van der Waals surface area (Å²) in [5, 5.41) is 7.93. The van der Waals surface area contributed by atoms with Crippen LogP contribution in [0.4, 0.5) is 5.69 Å². The average molecular weight is 424 g/mol. The van der Waals surface area contributed by atoms with Gasteiger partial charge in [-0.3, -0.25) is 4.79 Å². The first-order valence-corrected chi connectivity index (χ1v) is 9.27. The summed E-state index contributed by atoms with van der Waals surface area (Å²) in [6, 6.07) is 20.3. The maximum atomic E-state index is 12.5. The predicted molar refractivity (Wildman–Crippen MR) is 112 cm³/mol. The van der Waals surface area contributed by atoms with E-state index in [0.29, 0.717) is 11.3 Å². The Balaban J connectivity index is 1.79. The molecule has 2 N–H and O–H groups in total. The lowest BCUT2D eigenvalue weighted by Crippen LogP contribution is -2.49. The molecule has 0 aliphatic rings. The molecule has 0 bridgehead atoms. The Labute approximate surface area is 172 Å². The molecule has 0 aliphatic heterocycles. The molecular formula is C20H17Cl3N2O2. The zero-order valence-electron chi connectivity index (χ0n) is 14.4. The van der Waals surface area contributed by atoms with Crippen LogP contribution in [0.5, 0.6) is 5.75 Å². The number of benzene rings is 3. The average Bonchev–Trinajstić information content (AvgIpc) is 2.66. The molecule has 0 aromatic heterocycles. The summed E-state index contributed by atoms with van der Waals surface area (Å²) >= 11 is 18.2. The van der Waals surface area contributed by atoms with Crippen molar-refractivity contribution >= 4 is 57.2 Å². The van der Waals surface area contributed by atoms with Crippen LogP contribution in [0, 0.1) is 0 Å². The molecule has 3 aromatic carbocycles. The van der Waals surface area contributed by atoms with E-state index in [-0.39, 0.29) is 5.91 Å². The van der Waals surface area contributed by atoms with Gasteiger partial charge in [-0.05, 0) is 47.2 Å². The van der Waals surface area contributed by atoms with Gasteiger partial charge in [-0.25, -0.2) is 0 Å². The summed E-state index contributed by atoms with van der Waals surface area (Å²) < 4.78 is 3.33. The van der Waals surface area contributed by atoms with E-state index in [4.69, 9.17) is 39.5 Å². The number of anilines is 1. The molecule has 0 fully saturated rings. The van der Waals surface area contributed by atoms with Crippen molar-refractivity contribution < 1.29 is 9.53 Å². The fraction of sp³-hybridized carbons (Fsp3) is 0.150. The van der Waals surface area contributed by atoms with Crippen LogP contribution >= 0.6 is 34.8 Å². The third-order valence-corrected chi connectivity index (χ3v) is 4.67. The van der Waals surface area contributed by atoms with Gasteiger partial charge in [-0.2, -0.15) is 0 Å². The summed E-state index contributed by atoms with van der Waals surface area (Å²) in [6.45, 7) is 0. The van der Waals surface area contributed by atoms with Crippen molar-refractivity contribution in [1.29, 1.82) is 0 Å². The molecule has 0 saturated carbocycles. The number of amides is 1. The second kappa shape index (κ2) is 8.26. The van der Waals surface area contributed by atoms with Crippen molar-refractivity contribution in [2.45, 2.75) is 9.96 Å². The second-order valence-corrected chi connectivity index (χ2v) is 8.25. The van der Waals surface area contributed by atoms with Crippen LogP contribution in [0.1, 0.15) is 10.4 Å². The molecule has 140 valence electrons. The van der Waals surface area contributed by atoms with Gasteiger partial charge in [0.1, 0.15) is 11.9 Å². The molecule has 0 aliphatic carbocycles. The van der Waals surface area contributed by atoms with Gasteiger partial charge in [0.25, 0.3) is 5.91 Å². The van der Waals surface area contributed by atoms with Crippen molar-refractivity contribution in [3.8, 4) is 5.75 Å². The van der Waals surface area contributed by atoms with Gasteiger partial charge in [0.15, 0.2) is 0 Å². The molecule has 1 atom stereocenters. The number of hydrogen-bond donors (Lipinski definition) is 2. The zero-order valence-corrected chi connectivity index (χ0v) is 16.6. The summed E-state index contributed by atoms with van der Waals surface area (Å²) in [6.07, 6.45) is -0.932. The van der Waals surface area contributed by atoms with Gasteiger partial charge < -0.3 is 15.4 Å². The molecule has 3 aromatic rings. The first-order chi connectivity index (χ1) is 12.9. The maximum absolute atomic E-state index is 12.5. The van der Waals surface area contributed by atoms with Crippen molar-refractivity contribution in [1.82, 2.24) is 5.32 Å². The largest absolute Gasteiger partial charge is 0.497 e. The summed E-state index contributed by atoms with van der Waals surface area (Å²) in [5.74, 6) is 0.279. The van der Waals surface area contributed by atoms with Crippen molar-refractivity contribution in [2.75, 3.05) is 12.4 Å². The van der Waals surface area contributed by atoms with Crippen LogP contribution < -0.4 is 15.4 Å². The Morgan fingerprint density at radius 1 is 0.963 bits per heavy atom. The normalized spacial score (nSPS) is 12.4. The van der Waals surface area contributed by atoms with E-state index in [1.807, 2.05) is 42.5 Å². The van der Waals surface area contributed by atoms with E-state index < -0.39 is 9.96 Å². The number of rotatable bonds is 5. The van der Waals surface area contributed by atoms with Crippen LogP contribution in [0.15, 0.2) is 66.7 Å². The molecule has 3 rings (SSSR count). The molecule has 0 spiro atoms. The van der Waals surface area contributed by atoms with Gasteiger partial charge in [0, 0.05) is 11.3 Å². The quantitative estimate of drug-likeness (QED) is 0.427. The van der Waals surface area contributed by atoms with Gasteiger partial charge in [-0.15, -0.1) is 0 Å². The molecule has 27 heavy (non-hydrogen) atoms. The molecule has 0 radical (unpaired) electrons. The molecular weight excluding hydrogens is 407 g/mol. The van der Waals surface area contributed by atoms with E-state index in [2.05, 4.69) is 10.6 Å². The zero-order chi connectivity index (χ0) is 19.4. The first-order valence-electron chi connectivity index (χ1n) is 8.14.